The highest BCUT2D eigenvalue weighted by Gasteiger charge is 2.10. The Morgan fingerprint density at radius 3 is 2.41 bits per heavy atom. The van der Waals surface area contributed by atoms with Crippen molar-refractivity contribution in [3.8, 4) is 11.8 Å². The van der Waals surface area contributed by atoms with E-state index < -0.39 is 0 Å². The van der Waals surface area contributed by atoms with E-state index in [9.17, 15) is 4.79 Å². The monoisotopic (exact) mass is 314 g/mol. The zero-order valence-electron chi connectivity index (χ0n) is 12.1. The predicted molar refractivity (Wildman–Crippen MR) is 84.6 cm³/mol. The van der Waals surface area contributed by atoms with Crippen molar-refractivity contribution in [2.24, 2.45) is 0 Å². The first kappa shape index (κ1) is 15.9. The number of hydrogen-bond acceptors (Lipinski definition) is 3. The molecule has 0 bridgehead atoms. The summed E-state index contributed by atoms with van der Waals surface area (Å²) in [6.07, 6.45) is 0. The van der Waals surface area contributed by atoms with Crippen molar-refractivity contribution in [1.82, 2.24) is 4.90 Å². The summed E-state index contributed by atoms with van der Waals surface area (Å²) in [6.45, 7) is 0.433. The molecular formula is C17H15ClN2O2. The molecule has 0 aliphatic carbocycles. The first-order valence-electron chi connectivity index (χ1n) is 6.70. The second kappa shape index (κ2) is 7.48. The normalized spacial score (nSPS) is 9.86. The number of ether oxygens (including phenoxy) is 1. The van der Waals surface area contributed by atoms with Crippen LogP contribution in [-0.2, 0) is 11.3 Å². The lowest BCUT2D eigenvalue weighted by atomic mass is 10.1. The van der Waals surface area contributed by atoms with Crippen molar-refractivity contribution >= 4 is 17.5 Å². The minimum Gasteiger partial charge on any atom is -0.484 e. The standard InChI is InChI=1S/C17H15ClN2O2/c1-20(11-14-4-2-13(10-19)3-5-14)17(21)12-22-16-8-6-15(18)7-9-16/h2-9H,11-12H2,1H3. The molecule has 0 N–H and O–H groups in total. The van der Waals surface area contributed by atoms with E-state index >= 15 is 0 Å². The highest BCUT2D eigenvalue weighted by atomic mass is 35.5. The molecule has 2 rings (SSSR count). The molecule has 0 atom stereocenters. The van der Waals surface area contributed by atoms with Crippen LogP contribution in [0.4, 0.5) is 0 Å². The molecule has 22 heavy (non-hydrogen) atoms. The number of likely N-dealkylation sites (N-methyl/N-ethyl adjacent to an activating group) is 1. The average Bonchev–Trinajstić information content (AvgIpc) is 2.54. The van der Waals surface area contributed by atoms with E-state index in [1.54, 1.807) is 48.3 Å². The second-order valence-corrected chi connectivity index (χ2v) is 5.24. The van der Waals surface area contributed by atoms with E-state index in [0.717, 1.165) is 5.56 Å². The third-order valence-electron chi connectivity index (χ3n) is 3.10. The Balaban J connectivity index is 1.86. The maximum atomic E-state index is 12.0. The Labute approximate surface area is 134 Å². The second-order valence-electron chi connectivity index (χ2n) is 4.80. The molecule has 2 aromatic carbocycles. The van der Waals surface area contributed by atoms with Crippen molar-refractivity contribution < 1.29 is 9.53 Å². The van der Waals surface area contributed by atoms with Gasteiger partial charge in [0.05, 0.1) is 11.6 Å². The highest BCUT2D eigenvalue weighted by molar-refractivity contribution is 6.30. The van der Waals surface area contributed by atoms with E-state index in [-0.39, 0.29) is 12.5 Å². The van der Waals surface area contributed by atoms with Crippen molar-refractivity contribution in [2.45, 2.75) is 6.54 Å². The summed E-state index contributed by atoms with van der Waals surface area (Å²) >= 11 is 5.79. The molecule has 0 saturated heterocycles. The van der Waals surface area contributed by atoms with Gasteiger partial charge in [0, 0.05) is 18.6 Å². The molecule has 0 radical (unpaired) electrons. The number of nitriles is 1. The molecule has 0 aromatic heterocycles. The van der Waals surface area contributed by atoms with Gasteiger partial charge in [-0.15, -0.1) is 0 Å². The van der Waals surface area contributed by atoms with Gasteiger partial charge in [-0.1, -0.05) is 23.7 Å². The lowest BCUT2D eigenvalue weighted by Gasteiger charge is -2.17. The van der Waals surface area contributed by atoms with Gasteiger partial charge in [-0.2, -0.15) is 5.26 Å². The molecule has 1 amide bonds. The lowest BCUT2D eigenvalue weighted by Crippen LogP contribution is -2.30. The minimum atomic E-state index is -0.126. The Hall–Kier alpha value is -2.51. The fraction of sp³-hybridized carbons (Fsp3) is 0.176. The molecule has 0 aliphatic rings. The Morgan fingerprint density at radius 1 is 1.18 bits per heavy atom. The van der Waals surface area contributed by atoms with Gasteiger partial charge in [0.15, 0.2) is 6.61 Å². The van der Waals surface area contributed by atoms with E-state index in [2.05, 4.69) is 6.07 Å². The Bertz CT molecular complexity index is 675. The van der Waals surface area contributed by atoms with Crippen molar-refractivity contribution in [3.63, 3.8) is 0 Å². The summed E-state index contributed by atoms with van der Waals surface area (Å²) in [4.78, 5) is 13.6. The number of carbonyl (C=O) groups is 1. The molecule has 0 unspecified atom stereocenters. The van der Waals surface area contributed by atoms with Gasteiger partial charge < -0.3 is 9.64 Å². The fourth-order valence-electron chi connectivity index (χ4n) is 1.83. The predicted octanol–water partition coefficient (Wildman–Crippen LogP) is 3.25. The van der Waals surface area contributed by atoms with Crippen LogP contribution in [0, 0.1) is 11.3 Å². The minimum absolute atomic E-state index is 0.0333. The largest absolute Gasteiger partial charge is 0.484 e. The summed E-state index contributed by atoms with van der Waals surface area (Å²) in [5.74, 6) is 0.476. The maximum absolute atomic E-state index is 12.0. The molecule has 0 saturated carbocycles. The van der Waals surface area contributed by atoms with Gasteiger partial charge in [0.2, 0.25) is 0 Å². The molecule has 112 valence electrons. The van der Waals surface area contributed by atoms with E-state index in [1.807, 2.05) is 12.1 Å². The summed E-state index contributed by atoms with van der Waals surface area (Å²) in [7, 11) is 1.71. The fourth-order valence-corrected chi connectivity index (χ4v) is 1.96. The van der Waals surface area contributed by atoms with Gasteiger partial charge in [-0.3, -0.25) is 4.79 Å². The van der Waals surface area contributed by atoms with Gasteiger partial charge >= 0.3 is 0 Å². The summed E-state index contributed by atoms with van der Waals surface area (Å²) in [5.41, 5.74) is 1.56. The molecular weight excluding hydrogens is 300 g/mol. The number of halogens is 1. The number of nitrogens with zero attached hydrogens (tertiary/aromatic N) is 2. The van der Waals surface area contributed by atoms with Gasteiger partial charge in [0.25, 0.3) is 5.91 Å². The van der Waals surface area contributed by atoms with Crippen LogP contribution in [0.2, 0.25) is 5.02 Å². The third kappa shape index (κ3) is 4.51. The van der Waals surface area contributed by atoms with Crippen molar-refractivity contribution in [2.75, 3.05) is 13.7 Å². The molecule has 2 aromatic rings. The number of hydrogen-bond donors (Lipinski definition) is 0. The first-order valence-corrected chi connectivity index (χ1v) is 7.07. The number of rotatable bonds is 5. The van der Waals surface area contributed by atoms with Crippen LogP contribution >= 0.6 is 11.6 Å². The molecule has 0 fully saturated rings. The number of benzene rings is 2. The van der Waals surface area contributed by atoms with Crippen LogP contribution in [0.25, 0.3) is 0 Å². The van der Waals surface area contributed by atoms with Gasteiger partial charge in [-0.25, -0.2) is 0 Å². The third-order valence-corrected chi connectivity index (χ3v) is 3.36. The van der Waals surface area contributed by atoms with E-state index in [1.165, 1.54) is 0 Å². The quantitative estimate of drug-likeness (QED) is 0.851. The SMILES string of the molecule is CN(Cc1ccc(C#N)cc1)C(=O)COc1ccc(Cl)cc1. The summed E-state index contributed by atoms with van der Waals surface area (Å²) in [6, 6.07) is 16.1. The smallest absolute Gasteiger partial charge is 0.260 e. The van der Waals surface area contributed by atoms with Crippen LogP contribution < -0.4 is 4.74 Å². The average molecular weight is 315 g/mol. The van der Waals surface area contributed by atoms with Crippen LogP contribution in [0.1, 0.15) is 11.1 Å². The maximum Gasteiger partial charge on any atom is 0.260 e. The van der Waals surface area contributed by atoms with Gasteiger partial charge in [-0.05, 0) is 42.0 Å². The lowest BCUT2D eigenvalue weighted by molar-refractivity contribution is -0.132. The van der Waals surface area contributed by atoms with E-state index in [4.69, 9.17) is 21.6 Å². The van der Waals surface area contributed by atoms with Crippen LogP contribution in [0.15, 0.2) is 48.5 Å². The topological polar surface area (TPSA) is 53.3 Å². The zero-order chi connectivity index (χ0) is 15.9. The van der Waals surface area contributed by atoms with Crippen molar-refractivity contribution in [1.29, 1.82) is 5.26 Å². The summed E-state index contributed by atoms with van der Waals surface area (Å²) in [5, 5.41) is 9.38. The molecule has 0 aliphatic heterocycles. The molecule has 0 spiro atoms. The number of carbonyl (C=O) groups excluding carboxylic acids is 1. The first-order chi connectivity index (χ1) is 10.6. The molecule has 5 heteroatoms. The highest BCUT2D eigenvalue weighted by Crippen LogP contribution is 2.15. The van der Waals surface area contributed by atoms with E-state index in [0.29, 0.717) is 22.9 Å². The van der Waals surface area contributed by atoms with Crippen LogP contribution in [0.3, 0.4) is 0 Å². The molecule has 4 nitrogen and oxygen atoms in total. The van der Waals surface area contributed by atoms with Crippen LogP contribution in [-0.4, -0.2) is 24.5 Å². The van der Waals surface area contributed by atoms with Gasteiger partial charge in [0.1, 0.15) is 5.75 Å². The Kier molecular flexibility index (Phi) is 5.40. The Morgan fingerprint density at radius 2 is 1.82 bits per heavy atom. The number of amides is 1. The molecule has 0 heterocycles. The summed E-state index contributed by atoms with van der Waals surface area (Å²) < 4.78 is 5.43. The van der Waals surface area contributed by atoms with Crippen molar-refractivity contribution in [3.05, 3.63) is 64.7 Å². The van der Waals surface area contributed by atoms with Crippen LogP contribution in [0.5, 0.6) is 5.75 Å². The zero-order valence-corrected chi connectivity index (χ0v) is 12.9.